The minimum Gasteiger partial charge on any atom is -0.404 e. The van der Waals surface area contributed by atoms with Gasteiger partial charge in [-0.15, -0.1) is 18.3 Å². The highest BCUT2D eigenvalue weighted by molar-refractivity contribution is 8.01. The van der Waals surface area contributed by atoms with Crippen molar-refractivity contribution in [1.82, 2.24) is 4.98 Å². The van der Waals surface area contributed by atoms with Crippen molar-refractivity contribution >= 4 is 18.9 Å². The second kappa shape index (κ2) is 5.37. The van der Waals surface area contributed by atoms with Crippen molar-refractivity contribution in [3.63, 3.8) is 0 Å². The van der Waals surface area contributed by atoms with E-state index in [1.165, 1.54) is 6.42 Å². The summed E-state index contributed by atoms with van der Waals surface area (Å²) < 4.78 is 12.9. The first-order valence-electron chi connectivity index (χ1n) is 8.48. The molecular formula is C18H24BNO2S. The van der Waals surface area contributed by atoms with E-state index >= 15 is 0 Å². The lowest BCUT2D eigenvalue weighted by Gasteiger charge is -2.64. The number of pyridine rings is 1. The molecule has 0 aromatic carbocycles. The molecule has 0 radical (unpaired) electrons. The summed E-state index contributed by atoms with van der Waals surface area (Å²) in [6.45, 7) is 11.0. The zero-order valence-corrected chi connectivity index (χ0v) is 14.9. The zero-order chi connectivity index (χ0) is 16.2. The van der Waals surface area contributed by atoms with Crippen LogP contribution in [0.3, 0.4) is 0 Å². The summed E-state index contributed by atoms with van der Waals surface area (Å²) in [4.78, 5) is 4.40. The number of nitrogens with zero attached hydrogens (tertiary/aromatic N) is 1. The number of aromatic nitrogens is 1. The molecule has 1 saturated heterocycles. The van der Waals surface area contributed by atoms with Gasteiger partial charge in [0, 0.05) is 6.20 Å². The maximum Gasteiger partial charge on any atom is 0.476 e. The molecule has 1 aliphatic heterocycles. The van der Waals surface area contributed by atoms with Gasteiger partial charge in [-0.2, -0.15) is 0 Å². The maximum absolute atomic E-state index is 6.52. The molecule has 2 bridgehead atoms. The Labute approximate surface area is 143 Å². The lowest BCUT2D eigenvalue weighted by molar-refractivity contribution is -0.199. The predicted molar refractivity (Wildman–Crippen MR) is 94.2 cm³/mol. The van der Waals surface area contributed by atoms with Crippen molar-refractivity contribution < 1.29 is 9.31 Å². The van der Waals surface area contributed by atoms with E-state index in [0.29, 0.717) is 11.3 Å². The van der Waals surface area contributed by atoms with Crippen LogP contribution >= 0.6 is 11.8 Å². The molecule has 3 aliphatic carbocycles. The third-order valence-corrected chi connectivity index (χ3v) is 7.53. The normalized spacial score (nSPS) is 38.6. The lowest BCUT2D eigenvalue weighted by atomic mass is 9.43. The highest BCUT2D eigenvalue weighted by Crippen LogP contribution is 2.65. The van der Waals surface area contributed by atoms with Gasteiger partial charge in [-0.1, -0.05) is 26.0 Å². The summed E-state index contributed by atoms with van der Waals surface area (Å²) >= 11 is 1.67. The van der Waals surface area contributed by atoms with Gasteiger partial charge >= 0.3 is 7.12 Å². The van der Waals surface area contributed by atoms with Gasteiger partial charge in [-0.25, -0.2) is 4.98 Å². The topological polar surface area (TPSA) is 31.4 Å². The number of thioether (sulfide) groups is 1. The summed E-state index contributed by atoms with van der Waals surface area (Å²) in [6, 6.07) is 5.95. The Bertz CT molecular complexity index is 610. The molecule has 2 heterocycles. The fraction of sp³-hybridized carbons (Fsp3) is 0.611. The largest absolute Gasteiger partial charge is 0.476 e. The van der Waals surface area contributed by atoms with Crippen LogP contribution in [0.15, 0.2) is 42.1 Å². The third kappa shape index (κ3) is 2.31. The van der Waals surface area contributed by atoms with Gasteiger partial charge in [-0.3, -0.25) is 0 Å². The first kappa shape index (κ1) is 15.7. The average molecular weight is 329 g/mol. The predicted octanol–water partition coefficient (Wildman–Crippen LogP) is 4.00. The number of hydrogen-bond acceptors (Lipinski definition) is 4. The molecule has 23 heavy (non-hydrogen) atoms. The molecule has 0 N–H and O–H groups in total. The van der Waals surface area contributed by atoms with Gasteiger partial charge < -0.3 is 9.31 Å². The lowest BCUT2D eigenvalue weighted by Crippen LogP contribution is -2.65. The highest BCUT2D eigenvalue weighted by Gasteiger charge is 2.68. The van der Waals surface area contributed by atoms with Crippen LogP contribution in [0.4, 0.5) is 0 Å². The quantitative estimate of drug-likeness (QED) is 0.475. The third-order valence-electron chi connectivity index (χ3n) is 6.36. The van der Waals surface area contributed by atoms with Crippen molar-refractivity contribution in [3.8, 4) is 0 Å². The maximum atomic E-state index is 6.52. The Balaban J connectivity index is 1.52. The monoisotopic (exact) mass is 329 g/mol. The van der Waals surface area contributed by atoms with Gasteiger partial charge in [-0.05, 0) is 49.1 Å². The molecule has 1 aromatic rings. The smallest absolute Gasteiger partial charge is 0.404 e. The Morgan fingerprint density at radius 2 is 2.22 bits per heavy atom. The molecule has 0 amide bonds. The molecule has 5 heteroatoms. The Morgan fingerprint density at radius 1 is 1.39 bits per heavy atom. The van der Waals surface area contributed by atoms with Crippen molar-refractivity contribution in [1.29, 1.82) is 0 Å². The fourth-order valence-electron chi connectivity index (χ4n) is 4.81. The second-order valence-corrected chi connectivity index (χ2v) is 9.02. The van der Waals surface area contributed by atoms with Crippen LogP contribution in [0.1, 0.15) is 33.6 Å². The van der Waals surface area contributed by atoms with Gasteiger partial charge in [0.05, 0.1) is 21.9 Å². The van der Waals surface area contributed by atoms with Crippen molar-refractivity contribution in [2.45, 2.75) is 55.5 Å². The van der Waals surface area contributed by atoms with Crippen molar-refractivity contribution in [2.75, 3.05) is 0 Å². The molecule has 4 fully saturated rings. The summed E-state index contributed by atoms with van der Waals surface area (Å²) in [5.74, 6) is 1.37. The van der Waals surface area contributed by atoms with E-state index in [0.717, 1.165) is 17.4 Å². The van der Waals surface area contributed by atoms with Crippen LogP contribution in [0.2, 0.25) is 0 Å². The SMILES string of the molecule is C=CC(Sc1ccccn1)B1O[C@@H]2C[C@@H]3C[C@H](C3(C)C)[C@]2(C)O1. The van der Waals surface area contributed by atoms with Gasteiger partial charge in [0.15, 0.2) is 0 Å². The van der Waals surface area contributed by atoms with Crippen molar-refractivity contribution in [3.05, 3.63) is 37.1 Å². The van der Waals surface area contributed by atoms with Gasteiger partial charge in [0.25, 0.3) is 0 Å². The summed E-state index contributed by atoms with van der Waals surface area (Å²) in [5.41, 5.74) is 0.218. The average Bonchev–Trinajstić information content (AvgIpc) is 2.90. The summed E-state index contributed by atoms with van der Waals surface area (Å²) in [6.07, 6.45) is 6.37. The van der Waals surface area contributed by atoms with E-state index in [4.69, 9.17) is 9.31 Å². The van der Waals surface area contributed by atoms with Crippen molar-refractivity contribution in [2.24, 2.45) is 17.3 Å². The molecule has 4 aliphatic rings. The molecule has 1 aromatic heterocycles. The molecule has 0 spiro atoms. The Kier molecular flexibility index (Phi) is 3.67. The van der Waals surface area contributed by atoms with Crippen LogP contribution in [0.25, 0.3) is 0 Å². The minimum atomic E-state index is -0.232. The summed E-state index contributed by atoms with van der Waals surface area (Å²) in [7, 11) is -0.232. The first-order valence-corrected chi connectivity index (χ1v) is 9.36. The van der Waals surface area contributed by atoms with Crippen LogP contribution in [-0.4, -0.2) is 29.0 Å². The second-order valence-electron chi connectivity index (χ2n) is 7.82. The molecule has 5 atom stereocenters. The minimum absolute atomic E-state index is 0.0626. The van der Waals surface area contributed by atoms with Crippen LogP contribution in [0, 0.1) is 17.3 Å². The Morgan fingerprint density at radius 3 is 2.87 bits per heavy atom. The van der Waals surface area contributed by atoms with E-state index in [2.05, 4.69) is 32.3 Å². The standard InChI is InChI=1S/C18H24BNO2S/c1-5-15(23-16-8-6-7-9-20-16)19-21-14-11-12-10-13(17(12,2)3)18(14,4)22-19/h5-9,12-15H,1,10-11H2,2-4H3/t12-,13+,14+,15?,18-/m0/s1. The van der Waals surface area contributed by atoms with E-state index in [1.807, 2.05) is 30.5 Å². The van der Waals surface area contributed by atoms with Gasteiger partial charge in [0.2, 0.25) is 0 Å². The first-order chi connectivity index (χ1) is 10.9. The van der Waals surface area contributed by atoms with E-state index < -0.39 is 0 Å². The van der Waals surface area contributed by atoms with Crippen LogP contribution in [-0.2, 0) is 9.31 Å². The molecule has 3 nitrogen and oxygen atoms in total. The van der Waals surface area contributed by atoms with E-state index in [9.17, 15) is 0 Å². The molecule has 122 valence electrons. The van der Waals surface area contributed by atoms with Crippen LogP contribution in [0.5, 0.6) is 0 Å². The molecule has 5 rings (SSSR count). The molecule has 1 unspecified atom stereocenters. The number of rotatable bonds is 4. The summed E-state index contributed by atoms with van der Waals surface area (Å²) in [5, 5.41) is 1.04. The van der Waals surface area contributed by atoms with E-state index in [-0.39, 0.29) is 24.0 Å². The van der Waals surface area contributed by atoms with E-state index in [1.54, 1.807) is 11.8 Å². The molecule has 3 saturated carbocycles. The molecular weight excluding hydrogens is 305 g/mol. The van der Waals surface area contributed by atoms with Crippen LogP contribution < -0.4 is 0 Å². The highest BCUT2D eigenvalue weighted by atomic mass is 32.2. The zero-order valence-electron chi connectivity index (χ0n) is 14.1. The Hall–Kier alpha value is -0.775. The number of hydrogen-bond donors (Lipinski definition) is 0. The fourth-order valence-corrected chi connectivity index (χ4v) is 5.69. The van der Waals surface area contributed by atoms with Gasteiger partial charge in [0.1, 0.15) is 0 Å².